The molecule has 0 aliphatic rings. The quantitative estimate of drug-likeness (QED) is 0.785. The SMILES string of the molecule is Cc1ccccc1S(=O)(=O)NCCc1nc2ccccc2o1. The topological polar surface area (TPSA) is 72.2 Å². The van der Waals surface area contributed by atoms with Crippen molar-refractivity contribution >= 4 is 21.1 Å². The summed E-state index contributed by atoms with van der Waals surface area (Å²) >= 11 is 0. The highest BCUT2D eigenvalue weighted by molar-refractivity contribution is 7.89. The Morgan fingerprint density at radius 3 is 2.59 bits per heavy atom. The summed E-state index contributed by atoms with van der Waals surface area (Å²) in [6.45, 7) is 2.01. The van der Waals surface area contributed by atoms with Gasteiger partial charge in [0.15, 0.2) is 11.5 Å². The van der Waals surface area contributed by atoms with Crippen molar-refractivity contribution in [1.82, 2.24) is 9.71 Å². The van der Waals surface area contributed by atoms with Crippen LogP contribution in [0.1, 0.15) is 11.5 Å². The molecule has 3 aromatic rings. The number of para-hydroxylation sites is 2. The van der Waals surface area contributed by atoms with Gasteiger partial charge in [-0.25, -0.2) is 18.1 Å². The van der Waals surface area contributed by atoms with E-state index in [-0.39, 0.29) is 6.54 Å². The van der Waals surface area contributed by atoms with E-state index in [0.29, 0.717) is 22.8 Å². The molecule has 2 aromatic carbocycles. The fourth-order valence-corrected chi connectivity index (χ4v) is 3.53. The summed E-state index contributed by atoms with van der Waals surface area (Å²) in [4.78, 5) is 4.62. The molecule has 0 saturated heterocycles. The van der Waals surface area contributed by atoms with Gasteiger partial charge in [-0.2, -0.15) is 0 Å². The van der Waals surface area contributed by atoms with Crippen LogP contribution >= 0.6 is 0 Å². The Morgan fingerprint density at radius 2 is 1.82 bits per heavy atom. The molecule has 0 saturated carbocycles. The first-order chi connectivity index (χ1) is 10.6. The fraction of sp³-hybridized carbons (Fsp3) is 0.188. The van der Waals surface area contributed by atoms with Crippen LogP contribution < -0.4 is 4.72 Å². The lowest BCUT2D eigenvalue weighted by molar-refractivity contribution is 0.523. The van der Waals surface area contributed by atoms with Gasteiger partial charge < -0.3 is 4.42 Å². The molecule has 5 nitrogen and oxygen atoms in total. The van der Waals surface area contributed by atoms with Gasteiger partial charge in [-0.05, 0) is 30.7 Å². The van der Waals surface area contributed by atoms with E-state index in [0.717, 1.165) is 11.1 Å². The summed E-state index contributed by atoms with van der Waals surface area (Å²) in [6, 6.07) is 14.3. The van der Waals surface area contributed by atoms with Crippen LogP contribution in [0.3, 0.4) is 0 Å². The smallest absolute Gasteiger partial charge is 0.240 e. The Balaban J connectivity index is 1.69. The third-order valence-corrected chi connectivity index (χ3v) is 4.97. The largest absolute Gasteiger partial charge is 0.441 e. The number of fused-ring (bicyclic) bond motifs is 1. The average molecular weight is 316 g/mol. The van der Waals surface area contributed by atoms with Crippen LogP contribution in [0.15, 0.2) is 57.8 Å². The maximum absolute atomic E-state index is 12.3. The van der Waals surface area contributed by atoms with Crippen molar-refractivity contribution in [3.63, 3.8) is 0 Å². The van der Waals surface area contributed by atoms with E-state index in [9.17, 15) is 8.42 Å². The van der Waals surface area contributed by atoms with Gasteiger partial charge in [0, 0.05) is 13.0 Å². The summed E-state index contributed by atoms with van der Waals surface area (Å²) in [6.07, 6.45) is 0.403. The molecule has 0 atom stereocenters. The highest BCUT2D eigenvalue weighted by Gasteiger charge is 2.16. The van der Waals surface area contributed by atoms with Crippen LogP contribution in [0.25, 0.3) is 11.1 Å². The lowest BCUT2D eigenvalue weighted by atomic mass is 10.2. The molecule has 0 fully saturated rings. The minimum Gasteiger partial charge on any atom is -0.441 e. The Kier molecular flexibility index (Phi) is 3.96. The van der Waals surface area contributed by atoms with Crippen molar-refractivity contribution < 1.29 is 12.8 Å². The number of sulfonamides is 1. The molecule has 0 aliphatic heterocycles. The van der Waals surface area contributed by atoms with Crippen LogP contribution in [-0.4, -0.2) is 19.9 Å². The Hall–Kier alpha value is -2.18. The van der Waals surface area contributed by atoms with E-state index in [1.165, 1.54) is 0 Å². The summed E-state index contributed by atoms with van der Waals surface area (Å²) in [5, 5.41) is 0. The zero-order chi connectivity index (χ0) is 15.6. The van der Waals surface area contributed by atoms with Crippen LogP contribution in [0.2, 0.25) is 0 Å². The van der Waals surface area contributed by atoms with E-state index in [1.807, 2.05) is 30.3 Å². The number of hydrogen-bond acceptors (Lipinski definition) is 4. The molecule has 1 heterocycles. The van der Waals surface area contributed by atoms with E-state index in [2.05, 4.69) is 9.71 Å². The molecule has 3 rings (SSSR count). The molecule has 6 heteroatoms. The predicted octanol–water partition coefficient (Wildman–Crippen LogP) is 2.66. The second kappa shape index (κ2) is 5.90. The summed E-state index contributed by atoms with van der Waals surface area (Å²) in [7, 11) is -3.51. The van der Waals surface area contributed by atoms with Gasteiger partial charge in [0.25, 0.3) is 0 Å². The number of aryl methyl sites for hydroxylation is 1. The third kappa shape index (κ3) is 3.03. The summed E-state index contributed by atoms with van der Waals surface area (Å²) in [5.41, 5.74) is 2.20. The number of aromatic nitrogens is 1. The minimum absolute atomic E-state index is 0.240. The number of benzene rings is 2. The van der Waals surface area contributed by atoms with Gasteiger partial charge in [-0.1, -0.05) is 30.3 Å². The number of nitrogens with one attached hydrogen (secondary N) is 1. The highest BCUT2D eigenvalue weighted by Crippen LogP contribution is 2.16. The first-order valence-electron chi connectivity index (χ1n) is 6.96. The van der Waals surface area contributed by atoms with Crippen molar-refractivity contribution in [2.45, 2.75) is 18.2 Å². The van der Waals surface area contributed by atoms with Gasteiger partial charge in [0.1, 0.15) is 5.52 Å². The standard InChI is InChI=1S/C16H16N2O3S/c1-12-6-2-5-9-15(12)22(19,20)17-11-10-16-18-13-7-3-4-8-14(13)21-16/h2-9,17H,10-11H2,1H3. The van der Waals surface area contributed by atoms with Crippen LogP contribution in [0.4, 0.5) is 0 Å². The lowest BCUT2D eigenvalue weighted by Gasteiger charge is -2.08. The van der Waals surface area contributed by atoms with Gasteiger partial charge in [0.2, 0.25) is 10.0 Å². The number of nitrogens with zero attached hydrogens (tertiary/aromatic N) is 1. The molecule has 0 bridgehead atoms. The van der Waals surface area contributed by atoms with E-state index in [1.54, 1.807) is 25.1 Å². The zero-order valence-electron chi connectivity index (χ0n) is 12.1. The van der Waals surface area contributed by atoms with Gasteiger partial charge in [-0.3, -0.25) is 0 Å². The van der Waals surface area contributed by atoms with Crippen molar-refractivity contribution in [3.8, 4) is 0 Å². The number of oxazole rings is 1. The maximum atomic E-state index is 12.3. The van der Waals surface area contributed by atoms with E-state index >= 15 is 0 Å². The van der Waals surface area contributed by atoms with Crippen molar-refractivity contribution in [2.24, 2.45) is 0 Å². The molecule has 0 aliphatic carbocycles. The number of rotatable bonds is 5. The van der Waals surface area contributed by atoms with Crippen molar-refractivity contribution in [2.75, 3.05) is 6.54 Å². The molecular weight excluding hydrogens is 300 g/mol. The molecule has 114 valence electrons. The van der Waals surface area contributed by atoms with E-state index in [4.69, 9.17) is 4.42 Å². The molecule has 1 aromatic heterocycles. The monoisotopic (exact) mass is 316 g/mol. The average Bonchev–Trinajstić information content (AvgIpc) is 2.90. The molecule has 0 radical (unpaired) electrons. The Labute approximate surface area is 129 Å². The normalized spacial score (nSPS) is 11.9. The maximum Gasteiger partial charge on any atom is 0.240 e. The van der Waals surface area contributed by atoms with Crippen molar-refractivity contribution in [3.05, 3.63) is 60.0 Å². The zero-order valence-corrected chi connectivity index (χ0v) is 12.9. The predicted molar refractivity (Wildman–Crippen MR) is 84.1 cm³/mol. The Morgan fingerprint density at radius 1 is 1.09 bits per heavy atom. The minimum atomic E-state index is -3.51. The van der Waals surface area contributed by atoms with Gasteiger partial charge in [0.05, 0.1) is 4.90 Å². The molecule has 0 amide bonds. The third-order valence-electron chi connectivity index (χ3n) is 3.35. The van der Waals surface area contributed by atoms with Gasteiger partial charge >= 0.3 is 0 Å². The van der Waals surface area contributed by atoms with Crippen LogP contribution in [-0.2, 0) is 16.4 Å². The van der Waals surface area contributed by atoms with Gasteiger partial charge in [-0.15, -0.1) is 0 Å². The molecule has 0 spiro atoms. The Bertz CT molecular complexity index is 867. The summed E-state index contributed by atoms with van der Waals surface area (Å²) < 4.78 is 32.7. The van der Waals surface area contributed by atoms with Crippen molar-refractivity contribution in [1.29, 1.82) is 0 Å². The summed E-state index contributed by atoms with van der Waals surface area (Å²) in [5.74, 6) is 0.522. The molecule has 0 unspecified atom stereocenters. The van der Waals surface area contributed by atoms with Crippen LogP contribution in [0.5, 0.6) is 0 Å². The second-order valence-corrected chi connectivity index (χ2v) is 6.72. The molecular formula is C16H16N2O3S. The molecule has 1 N–H and O–H groups in total. The number of hydrogen-bond donors (Lipinski definition) is 1. The second-order valence-electron chi connectivity index (χ2n) is 4.99. The molecule has 22 heavy (non-hydrogen) atoms. The fourth-order valence-electron chi connectivity index (χ4n) is 2.25. The van der Waals surface area contributed by atoms with E-state index < -0.39 is 10.0 Å². The lowest BCUT2D eigenvalue weighted by Crippen LogP contribution is -2.26. The highest BCUT2D eigenvalue weighted by atomic mass is 32.2. The first kappa shape index (κ1) is 14.7. The van der Waals surface area contributed by atoms with Crippen LogP contribution in [0, 0.1) is 6.92 Å². The first-order valence-corrected chi connectivity index (χ1v) is 8.44.